The Kier molecular flexibility index (Phi) is 8.19. The van der Waals surface area contributed by atoms with E-state index in [-0.39, 0.29) is 11.9 Å². The molecule has 1 N–H and O–H groups in total. The fraction of sp³-hybridized carbons (Fsp3) is 0.741. The number of fused-ring (bicyclic) bond motifs is 1. The molecule has 1 amide bonds. The topological polar surface area (TPSA) is 69.5 Å². The van der Waals surface area contributed by atoms with Crippen molar-refractivity contribution in [2.24, 2.45) is 7.05 Å². The zero-order valence-corrected chi connectivity index (χ0v) is 21.6. The second kappa shape index (κ2) is 11.7. The van der Waals surface area contributed by atoms with Crippen LogP contribution < -0.4 is 10.2 Å². The van der Waals surface area contributed by atoms with E-state index in [1.54, 1.807) is 4.68 Å². The minimum atomic E-state index is -0.0662. The first-order valence-corrected chi connectivity index (χ1v) is 14.0. The summed E-state index contributed by atoms with van der Waals surface area (Å²) in [4.78, 5) is 25.6. The van der Waals surface area contributed by atoms with Crippen LogP contribution in [-0.4, -0.2) is 88.9 Å². The van der Waals surface area contributed by atoms with Crippen LogP contribution in [0.25, 0.3) is 11.0 Å². The molecule has 0 radical (unpaired) electrons. The van der Waals surface area contributed by atoms with Gasteiger partial charge in [0, 0.05) is 39.3 Å². The molecule has 0 spiro atoms. The van der Waals surface area contributed by atoms with Crippen molar-refractivity contribution in [3.63, 3.8) is 0 Å². The summed E-state index contributed by atoms with van der Waals surface area (Å²) in [6, 6.07) is 4.33. The summed E-state index contributed by atoms with van der Waals surface area (Å²) in [5.74, 6) is 0.936. The van der Waals surface area contributed by atoms with Crippen LogP contribution >= 0.6 is 0 Å². The average molecular weight is 482 g/mol. The third-order valence-corrected chi connectivity index (χ3v) is 8.14. The molecule has 0 saturated carbocycles. The van der Waals surface area contributed by atoms with Crippen molar-refractivity contribution in [1.29, 1.82) is 0 Å². The molecule has 2 aromatic heterocycles. The Hall–Kier alpha value is -2.19. The third kappa shape index (κ3) is 6.15. The zero-order chi connectivity index (χ0) is 24.0. The van der Waals surface area contributed by atoms with Crippen LogP contribution in [0.4, 0.5) is 5.82 Å². The Labute approximate surface area is 210 Å². The van der Waals surface area contributed by atoms with Gasteiger partial charge >= 0.3 is 0 Å². The molecule has 5 heterocycles. The summed E-state index contributed by atoms with van der Waals surface area (Å²) in [5, 5.41) is 8.68. The van der Waals surface area contributed by atoms with Gasteiger partial charge in [0.05, 0.1) is 5.39 Å². The molecule has 5 rings (SSSR count). The highest BCUT2D eigenvalue weighted by atomic mass is 16.2. The van der Waals surface area contributed by atoms with Gasteiger partial charge in [-0.1, -0.05) is 19.3 Å². The lowest BCUT2D eigenvalue weighted by Crippen LogP contribution is -2.45. The van der Waals surface area contributed by atoms with Crippen LogP contribution in [-0.2, 0) is 7.05 Å². The lowest BCUT2D eigenvalue weighted by molar-refractivity contribution is 0.0905. The number of nitrogens with one attached hydrogen (secondary N) is 1. The van der Waals surface area contributed by atoms with Crippen molar-refractivity contribution in [2.45, 2.75) is 70.3 Å². The fourth-order valence-corrected chi connectivity index (χ4v) is 6.02. The van der Waals surface area contributed by atoms with Crippen molar-refractivity contribution >= 4 is 22.8 Å². The average Bonchev–Trinajstić information content (AvgIpc) is 3.04. The number of likely N-dealkylation sites (tertiary alicyclic amines) is 2. The van der Waals surface area contributed by atoms with Gasteiger partial charge in [0.15, 0.2) is 11.3 Å². The third-order valence-electron chi connectivity index (χ3n) is 8.14. The number of amides is 1. The van der Waals surface area contributed by atoms with Crippen molar-refractivity contribution in [2.75, 3.05) is 57.3 Å². The first-order chi connectivity index (χ1) is 17.2. The van der Waals surface area contributed by atoms with E-state index in [2.05, 4.69) is 31.2 Å². The zero-order valence-electron chi connectivity index (χ0n) is 21.6. The standard InChI is InChI=1S/C27H43N7O/c1-31-26-23(10-11-24(29-26)34-18-7-2-3-8-19-34)25(30-31)27(35)28-22-12-20-33(21-13-22)17-9-16-32-14-5-4-6-15-32/h10-11,22H,2-9,12-21H2,1H3,(H,28,35). The summed E-state index contributed by atoms with van der Waals surface area (Å²) in [7, 11) is 1.89. The number of carbonyl (C=O) groups excluding carboxylic acids is 1. The van der Waals surface area contributed by atoms with Crippen LogP contribution in [0.3, 0.4) is 0 Å². The highest BCUT2D eigenvalue weighted by Gasteiger charge is 2.24. The molecule has 0 unspecified atom stereocenters. The molecule has 0 aliphatic carbocycles. The Morgan fingerprint density at radius 3 is 2.23 bits per heavy atom. The van der Waals surface area contributed by atoms with Crippen LogP contribution in [0, 0.1) is 0 Å². The first-order valence-electron chi connectivity index (χ1n) is 14.0. The smallest absolute Gasteiger partial charge is 0.272 e. The maximum absolute atomic E-state index is 13.2. The molecule has 3 aliphatic heterocycles. The van der Waals surface area contributed by atoms with Crippen LogP contribution in [0.5, 0.6) is 0 Å². The Bertz CT molecular complexity index is 967. The molecular formula is C27H43N7O. The summed E-state index contributed by atoms with van der Waals surface area (Å²) in [6.07, 6.45) is 12.4. The molecule has 3 saturated heterocycles. The van der Waals surface area contributed by atoms with Gasteiger partial charge in [-0.2, -0.15) is 5.10 Å². The van der Waals surface area contributed by atoms with Crippen molar-refractivity contribution in [3.8, 4) is 0 Å². The van der Waals surface area contributed by atoms with E-state index >= 15 is 0 Å². The summed E-state index contributed by atoms with van der Waals surface area (Å²) in [5.41, 5.74) is 1.29. The second-order valence-electron chi connectivity index (χ2n) is 10.8. The summed E-state index contributed by atoms with van der Waals surface area (Å²) in [6.45, 7) is 9.21. The van der Waals surface area contributed by atoms with Gasteiger partial charge in [-0.15, -0.1) is 0 Å². The van der Waals surface area contributed by atoms with Crippen molar-refractivity contribution < 1.29 is 4.79 Å². The molecule has 192 valence electrons. The van der Waals surface area contributed by atoms with E-state index in [1.165, 1.54) is 77.5 Å². The van der Waals surface area contributed by atoms with Crippen LogP contribution in [0.1, 0.15) is 74.7 Å². The number of carbonyl (C=O) groups is 1. The number of anilines is 1. The number of pyridine rings is 1. The van der Waals surface area contributed by atoms with Gasteiger partial charge < -0.3 is 20.0 Å². The lowest BCUT2D eigenvalue weighted by atomic mass is 10.0. The van der Waals surface area contributed by atoms with E-state index in [0.717, 1.165) is 55.9 Å². The van der Waals surface area contributed by atoms with Crippen LogP contribution in [0.2, 0.25) is 0 Å². The molecule has 8 nitrogen and oxygen atoms in total. The number of rotatable bonds is 7. The van der Waals surface area contributed by atoms with E-state index in [1.807, 2.05) is 13.1 Å². The van der Waals surface area contributed by atoms with Gasteiger partial charge in [0.25, 0.3) is 5.91 Å². The highest BCUT2D eigenvalue weighted by molar-refractivity contribution is 6.04. The Morgan fingerprint density at radius 1 is 0.886 bits per heavy atom. The Morgan fingerprint density at radius 2 is 1.51 bits per heavy atom. The van der Waals surface area contributed by atoms with Crippen molar-refractivity contribution in [3.05, 3.63) is 17.8 Å². The lowest BCUT2D eigenvalue weighted by Gasteiger charge is -2.33. The van der Waals surface area contributed by atoms with Gasteiger partial charge in [0.2, 0.25) is 0 Å². The monoisotopic (exact) mass is 481 g/mol. The van der Waals surface area contributed by atoms with E-state index in [0.29, 0.717) is 5.69 Å². The number of piperidine rings is 2. The largest absolute Gasteiger partial charge is 0.357 e. The van der Waals surface area contributed by atoms with Gasteiger partial charge in [0.1, 0.15) is 5.82 Å². The number of aryl methyl sites for hydroxylation is 1. The molecule has 8 heteroatoms. The van der Waals surface area contributed by atoms with Gasteiger partial charge in [-0.3, -0.25) is 4.79 Å². The second-order valence-corrected chi connectivity index (χ2v) is 10.8. The minimum Gasteiger partial charge on any atom is -0.357 e. The molecule has 3 aliphatic rings. The quantitative estimate of drug-likeness (QED) is 0.654. The first kappa shape index (κ1) is 24.5. The van der Waals surface area contributed by atoms with Gasteiger partial charge in [-0.25, -0.2) is 9.67 Å². The molecule has 3 fully saturated rings. The van der Waals surface area contributed by atoms with Crippen molar-refractivity contribution in [1.82, 2.24) is 29.9 Å². The molecule has 0 aromatic carbocycles. The maximum Gasteiger partial charge on any atom is 0.272 e. The molecule has 0 atom stereocenters. The Balaban J connectivity index is 1.13. The summed E-state index contributed by atoms with van der Waals surface area (Å²) >= 11 is 0. The van der Waals surface area contributed by atoms with E-state index < -0.39 is 0 Å². The van der Waals surface area contributed by atoms with E-state index in [9.17, 15) is 4.79 Å². The molecule has 35 heavy (non-hydrogen) atoms. The summed E-state index contributed by atoms with van der Waals surface area (Å²) < 4.78 is 1.76. The maximum atomic E-state index is 13.2. The molecule has 2 aromatic rings. The van der Waals surface area contributed by atoms with Gasteiger partial charge in [-0.05, 0) is 83.3 Å². The highest BCUT2D eigenvalue weighted by Crippen LogP contribution is 2.23. The predicted molar refractivity (Wildman–Crippen MR) is 141 cm³/mol. The molecular weight excluding hydrogens is 438 g/mol. The molecule has 0 bridgehead atoms. The number of aromatic nitrogens is 3. The predicted octanol–water partition coefficient (Wildman–Crippen LogP) is 3.42. The number of nitrogens with zero attached hydrogens (tertiary/aromatic N) is 6. The SMILES string of the molecule is Cn1nc(C(=O)NC2CCN(CCCN3CCCCC3)CC2)c2ccc(N3CCCCCC3)nc21. The van der Waals surface area contributed by atoms with E-state index in [4.69, 9.17) is 4.98 Å². The fourth-order valence-electron chi connectivity index (χ4n) is 6.02. The number of hydrogen-bond acceptors (Lipinski definition) is 6. The number of hydrogen-bond donors (Lipinski definition) is 1. The minimum absolute atomic E-state index is 0.0662. The normalized spacial score (nSPS) is 21.3. The van der Waals surface area contributed by atoms with Crippen LogP contribution in [0.15, 0.2) is 12.1 Å².